The van der Waals surface area contributed by atoms with Crippen LogP contribution in [0.2, 0.25) is 5.02 Å². The van der Waals surface area contributed by atoms with Crippen molar-refractivity contribution in [3.63, 3.8) is 0 Å². The van der Waals surface area contributed by atoms with Gasteiger partial charge in [-0.3, -0.25) is 0 Å². The summed E-state index contributed by atoms with van der Waals surface area (Å²) in [6.07, 6.45) is 1.38. The van der Waals surface area contributed by atoms with Crippen molar-refractivity contribution >= 4 is 29.3 Å². The first-order valence-electron chi connectivity index (χ1n) is 5.08. The molecule has 3 N–H and O–H groups in total. The van der Waals surface area contributed by atoms with Gasteiger partial charge in [-0.15, -0.1) is 0 Å². The van der Waals surface area contributed by atoms with Crippen molar-refractivity contribution in [3.05, 3.63) is 11.2 Å². The summed E-state index contributed by atoms with van der Waals surface area (Å²) in [7, 11) is 1.33. The van der Waals surface area contributed by atoms with Gasteiger partial charge in [0, 0.05) is 0 Å². The molecular formula is C10H15ClN4O2. The normalized spacial score (nSPS) is 12.3. The predicted molar refractivity (Wildman–Crippen MR) is 65.7 cm³/mol. The minimum atomic E-state index is -0.535. The number of aromatic nitrogens is 2. The van der Waals surface area contributed by atoms with E-state index >= 15 is 0 Å². The van der Waals surface area contributed by atoms with E-state index in [9.17, 15) is 4.79 Å². The summed E-state index contributed by atoms with van der Waals surface area (Å²) in [5, 5.41) is 3.20. The second-order valence-electron chi connectivity index (χ2n) is 3.81. The highest BCUT2D eigenvalue weighted by Crippen LogP contribution is 2.21. The molecule has 0 radical (unpaired) electrons. The summed E-state index contributed by atoms with van der Waals surface area (Å²) >= 11 is 5.90. The number of esters is 1. The van der Waals surface area contributed by atoms with Crippen molar-refractivity contribution in [2.24, 2.45) is 5.92 Å². The minimum Gasteiger partial charge on any atom is -0.467 e. The Bertz CT molecular complexity index is 411. The third kappa shape index (κ3) is 3.45. The van der Waals surface area contributed by atoms with Gasteiger partial charge < -0.3 is 15.8 Å². The molecule has 0 fully saturated rings. The lowest BCUT2D eigenvalue weighted by Gasteiger charge is -2.20. The summed E-state index contributed by atoms with van der Waals surface area (Å²) in [6.45, 7) is 3.76. The van der Waals surface area contributed by atoms with Gasteiger partial charge in [0.25, 0.3) is 0 Å². The van der Waals surface area contributed by atoms with E-state index in [1.165, 1.54) is 13.3 Å². The highest BCUT2D eigenvalue weighted by atomic mass is 35.5. The van der Waals surface area contributed by atoms with Gasteiger partial charge in [0.15, 0.2) is 5.82 Å². The summed E-state index contributed by atoms with van der Waals surface area (Å²) in [5.41, 5.74) is 5.45. The zero-order chi connectivity index (χ0) is 13.0. The van der Waals surface area contributed by atoms with E-state index in [1.807, 2.05) is 13.8 Å². The molecule has 94 valence electrons. The highest BCUT2D eigenvalue weighted by molar-refractivity contribution is 6.32. The van der Waals surface area contributed by atoms with Crippen LogP contribution in [0.15, 0.2) is 6.20 Å². The lowest BCUT2D eigenvalue weighted by atomic mass is 10.0. The zero-order valence-electron chi connectivity index (χ0n) is 9.90. The molecule has 1 unspecified atom stereocenters. The molecule has 0 saturated heterocycles. The van der Waals surface area contributed by atoms with E-state index in [0.717, 1.165) is 0 Å². The summed E-state index contributed by atoms with van der Waals surface area (Å²) in [5.74, 6) is 0.0514. The van der Waals surface area contributed by atoms with Crippen LogP contribution in [0.3, 0.4) is 0 Å². The molecule has 0 saturated carbocycles. The Balaban J connectivity index is 2.93. The molecule has 0 spiro atoms. The molecule has 0 aliphatic heterocycles. The Morgan fingerprint density at radius 3 is 2.76 bits per heavy atom. The lowest BCUT2D eigenvalue weighted by molar-refractivity contribution is -0.142. The Labute approximate surface area is 105 Å². The standard InChI is InChI=1S/C10H15ClN4O2/c1-5(2)7(9(16)17-3)14-8-6(11)4-13-10(12)15-8/h4-5,7H,1-3H3,(H3,12,13,14,15). The average molecular weight is 259 g/mol. The van der Waals surface area contributed by atoms with Gasteiger partial charge in [-0.2, -0.15) is 4.98 Å². The van der Waals surface area contributed by atoms with E-state index in [2.05, 4.69) is 15.3 Å². The maximum Gasteiger partial charge on any atom is 0.328 e. The molecule has 7 heteroatoms. The fourth-order valence-electron chi connectivity index (χ4n) is 1.25. The number of ether oxygens (including phenoxy) is 1. The molecule has 0 amide bonds. The number of carbonyl (C=O) groups excluding carboxylic acids is 1. The molecule has 1 rings (SSSR count). The second kappa shape index (κ2) is 5.67. The largest absolute Gasteiger partial charge is 0.467 e. The first-order valence-corrected chi connectivity index (χ1v) is 5.46. The maximum absolute atomic E-state index is 11.6. The van der Waals surface area contributed by atoms with Gasteiger partial charge in [0.2, 0.25) is 5.95 Å². The summed E-state index contributed by atoms with van der Waals surface area (Å²) in [6, 6.07) is -0.535. The first kappa shape index (κ1) is 13.5. The minimum absolute atomic E-state index is 0.0229. The van der Waals surface area contributed by atoms with Crippen molar-refractivity contribution in [2.75, 3.05) is 18.2 Å². The fourth-order valence-corrected chi connectivity index (χ4v) is 1.40. The number of halogens is 1. The Kier molecular flexibility index (Phi) is 4.51. The molecule has 0 aliphatic rings. The van der Waals surface area contributed by atoms with E-state index < -0.39 is 6.04 Å². The number of nitrogens with zero attached hydrogens (tertiary/aromatic N) is 2. The van der Waals surface area contributed by atoms with Gasteiger partial charge >= 0.3 is 5.97 Å². The lowest BCUT2D eigenvalue weighted by Crippen LogP contribution is -2.36. The van der Waals surface area contributed by atoms with Gasteiger partial charge in [-0.05, 0) is 5.92 Å². The molecular weight excluding hydrogens is 244 g/mol. The maximum atomic E-state index is 11.6. The molecule has 17 heavy (non-hydrogen) atoms. The van der Waals surface area contributed by atoms with Crippen LogP contribution in [0, 0.1) is 5.92 Å². The number of hydrogen-bond acceptors (Lipinski definition) is 6. The third-order valence-electron chi connectivity index (χ3n) is 2.18. The predicted octanol–water partition coefficient (Wildman–Crippen LogP) is 1.32. The molecule has 0 aromatic carbocycles. The SMILES string of the molecule is COC(=O)C(Nc1nc(N)ncc1Cl)C(C)C. The quantitative estimate of drug-likeness (QED) is 0.792. The zero-order valence-corrected chi connectivity index (χ0v) is 10.7. The number of anilines is 2. The van der Waals surface area contributed by atoms with Crippen LogP contribution in [0.4, 0.5) is 11.8 Å². The number of carbonyl (C=O) groups is 1. The molecule has 1 heterocycles. The monoisotopic (exact) mass is 258 g/mol. The number of rotatable bonds is 4. The van der Waals surface area contributed by atoms with Crippen LogP contribution in [0.1, 0.15) is 13.8 Å². The van der Waals surface area contributed by atoms with Crippen LogP contribution in [0.5, 0.6) is 0 Å². The fraction of sp³-hybridized carbons (Fsp3) is 0.500. The number of hydrogen-bond donors (Lipinski definition) is 2. The first-order chi connectivity index (χ1) is 7.95. The summed E-state index contributed by atoms with van der Waals surface area (Å²) in [4.78, 5) is 19.2. The van der Waals surface area contributed by atoms with Crippen molar-refractivity contribution < 1.29 is 9.53 Å². The van der Waals surface area contributed by atoms with Crippen LogP contribution in [0.25, 0.3) is 0 Å². The molecule has 1 atom stereocenters. The van der Waals surface area contributed by atoms with Crippen molar-refractivity contribution in [2.45, 2.75) is 19.9 Å². The second-order valence-corrected chi connectivity index (χ2v) is 4.22. The van der Waals surface area contributed by atoms with E-state index in [0.29, 0.717) is 10.8 Å². The van der Waals surface area contributed by atoms with Gasteiger partial charge in [-0.1, -0.05) is 25.4 Å². The van der Waals surface area contributed by atoms with E-state index in [4.69, 9.17) is 22.1 Å². The average Bonchev–Trinajstić information content (AvgIpc) is 2.28. The molecule has 1 aromatic rings. The topological polar surface area (TPSA) is 90.1 Å². The smallest absolute Gasteiger partial charge is 0.328 e. The van der Waals surface area contributed by atoms with E-state index in [-0.39, 0.29) is 17.8 Å². The van der Waals surface area contributed by atoms with Gasteiger partial charge in [-0.25, -0.2) is 9.78 Å². The Morgan fingerprint density at radius 2 is 2.24 bits per heavy atom. The van der Waals surface area contributed by atoms with Crippen molar-refractivity contribution in [3.8, 4) is 0 Å². The molecule has 0 bridgehead atoms. The molecule has 1 aromatic heterocycles. The molecule has 6 nitrogen and oxygen atoms in total. The van der Waals surface area contributed by atoms with Gasteiger partial charge in [0.05, 0.1) is 13.3 Å². The van der Waals surface area contributed by atoms with Crippen LogP contribution < -0.4 is 11.1 Å². The Morgan fingerprint density at radius 1 is 1.59 bits per heavy atom. The third-order valence-corrected chi connectivity index (χ3v) is 2.45. The molecule has 0 aliphatic carbocycles. The summed E-state index contributed by atoms with van der Waals surface area (Å²) < 4.78 is 4.70. The number of nitrogens with one attached hydrogen (secondary N) is 1. The number of nitrogen functional groups attached to an aromatic ring is 1. The number of methoxy groups -OCH3 is 1. The van der Waals surface area contributed by atoms with Crippen molar-refractivity contribution in [1.82, 2.24) is 9.97 Å². The van der Waals surface area contributed by atoms with Crippen LogP contribution in [-0.4, -0.2) is 29.1 Å². The van der Waals surface area contributed by atoms with Crippen LogP contribution >= 0.6 is 11.6 Å². The van der Waals surface area contributed by atoms with Crippen LogP contribution in [-0.2, 0) is 9.53 Å². The highest BCUT2D eigenvalue weighted by Gasteiger charge is 2.24. The van der Waals surface area contributed by atoms with Gasteiger partial charge in [0.1, 0.15) is 11.1 Å². The Hall–Kier alpha value is -1.56. The number of nitrogens with two attached hydrogens (primary N) is 1. The van der Waals surface area contributed by atoms with Crippen molar-refractivity contribution in [1.29, 1.82) is 0 Å². The van der Waals surface area contributed by atoms with E-state index in [1.54, 1.807) is 0 Å².